The number of benzene rings is 1. The number of halogens is 2. The number of nitrogens with zero attached hydrogens (tertiary/aromatic N) is 1. The number of nitro benzene ring substituents is 1. The van der Waals surface area contributed by atoms with Crippen LogP contribution in [0.4, 0.5) is 14.5 Å². The van der Waals surface area contributed by atoms with E-state index in [9.17, 15) is 23.7 Å². The number of rotatable bonds is 4. The van der Waals surface area contributed by atoms with Crippen molar-refractivity contribution in [2.75, 3.05) is 18.1 Å². The lowest BCUT2D eigenvalue weighted by Crippen LogP contribution is -2.31. The quantitative estimate of drug-likeness (QED) is 0.685. The fraction of sp³-hybridized carbons (Fsp3) is 0.462. The molecule has 0 bridgehead atoms. The number of nitrogens with one attached hydrogen (secondary N) is 1. The lowest BCUT2D eigenvalue weighted by Gasteiger charge is -2.21. The third-order valence-electron chi connectivity index (χ3n) is 3.35. The zero-order valence-electron chi connectivity index (χ0n) is 11.1. The van der Waals surface area contributed by atoms with E-state index >= 15 is 0 Å². The van der Waals surface area contributed by atoms with E-state index in [1.165, 1.54) is 0 Å². The van der Waals surface area contributed by atoms with Gasteiger partial charge in [0.1, 0.15) is 5.82 Å². The summed E-state index contributed by atoms with van der Waals surface area (Å²) in [5.74, 6) is -0.809. The van der Waals surface area contributed by atoms with Crippen LogP contribution >= 0.6 is 11.8 Å². The molecule has 1 aliphatic heterocycles. The van der Waals surface area contributed by atoms with Gasteiger partial charge in [0.15, 0.2) is 0 Å². The number of amides is 1. The first kappa shape index (κ1) is 15.7. The summed E-state index contributed by atoms with van der Waals surface area (Å²) >= 11 is 1.84. The van der Waals surface area contributed by atoms with Crippen molar-refractivity contribution in [3.05, 3.63) is 39.4 Å². The lowest BCUT2D eigenvalue weighted by molar-refractivity contribution is -0.387. The Kier molecular flexibility index (Phi) is 5.11. The topological polar surface area (TPSA) is 72.2 Å². The van der Waals surface area contributed by atoms with Gasteiger partial charge in [-0.1, -0.05) is 0 Å². The van der Waals surface area contributed by atoms with Gasteiger partial charge in [-0.3, -0.25) is 14.9 Å². The molecule has 8 heteroatoms. The van der Waals surface area contributed by atoms with E-state index in [-0.39, 0.29) is 0 Å². The molecule has 1 aliphatic rings. The van der Waals surface area contributed by atoms with Gasteiger partial charge in [0.25, 0.3) is 5.91 Å². The summed E-state index contributed by atoms with van der Waals surface area (Å²) < 4.78 is 27.1. The lowest BCUT2D eigenvalue weighted by atomic mass is 10.0. The second kappa shape index (κ2) is 6.84. The predicted molar refractivity (Wildman–Crippen MR) is 75.4 cm³/mol. The number of carbonyl (C=O) groups is 1. The molecule has 0 spiro atoms. The van der Waals surface area contributed by atoms with E-state index in [0.717, 1.165) is 24.3 Å². The molecule has 0 atom stereocenters. The fourth-order valence-corrected chi connectivity index (χ4v) is 3.36. The van der Waals surface area contributed by atoms with Crippen molar-refractivity contribution in [1.82, 2.24) is 5.32 Å². The van der Waals surface area contributed by atoms with Crippen LogP contribution in [-0.4, -0.2) is 28.9 Å². The summed E-state index contributed by atoms with van der Waals surface area (Å²) in [6.45, 7) is 0.364. The van der Waals surface area contributed by atoms with Crippen molar-refractivity contribution in [2.24, 2.45) is 5.92 Å². The van der Waals surface area contributed by atoms with Crippen LogP contribution in [0.15, 0.2) is 12.1 Å². The van der Waals surface area contributed by atoms with E-state index in [1.807, 2.05) is 11.8 Å². The first-order valence-corrected chi connectivity index (χ1v) is 7.64. The predicted octanol–water partition coefficient (Wildman–Crippen LogP) is 2.75. The highest BCUT2D eigenvalue weighted by atomic mass is 32.2. The van der Waals surface area contributed by atoms with E-state index in [4.69, 9.17) is 0 Å². The Morgan fingerprint density at radius 1 is 1.38 bits per heavy atom. The molecule has 0 radical (unpaired) electrons. The number of hydrogen-bond donors (Lipinski definition) is 1. The monoisotopic (exact) mass is 316 g/mol. The Bertz CT molecular complexity index is 563. The smallest absolute Gasteiger partial charge is 0.308 e. The zero-order valence-corrected chi connectivity index (χ0v) is 11.9. The van der Waals surface area contributed by atoms with Gasteiger partial charge in [0.05, 0.1) is 16.6 Å². The zero-order chi connectivity index (χ0) is 15.4. The van der Waals surface area contributed by atoms with E-state index in [0.29, 0.717) is 24.6 Å². The first-order valence-electron chi connectivity index (χ1n) is 6.48. The molecule has 114 valence electrons. The second-order valence-electron chi connectivity index (χ2n) is 4.81. The first-order chi connectivity index (χ1) is 9.99. The maximum absolute atomic E-state index is 13.8. The highest BCUT2D eigenvalue weighted by molar-refractivity contribution is 7.99. The van der Waals surface area contributed by atoms with Crippen LogP contribution in [0.1, 0.15) is 23.2 Å². The maximum atomic E-state index is 13.8. The molecule has 1 saturated heterocycles. The Labute approximate surface area is 124 Å². The normalized spacial score (nSPS) is 15.7. The van der Waals surface area contributed by atoms with Crippen LogP contribution in [-0.2, 0) is 0 Å². The van der Waals surface area contributed by atoms with Gasteiger partial charge >= 0.3 is 5.69 Å². The summed E-state index contributed by atoms with van der Waals surface area (Å²) in [5.41, 5.74) is -1.67. The van der Waals surface area contributed by atoms with Crippen molar-refractivity contribution in [3.63, 3.8) is 0 Å². The van der Waals surface area contributed by atoms with Crippen LogP contribution in [0.5, 0.6) is 0 Å². The number of thioether (sulfide) groups is 1. The van der Waals surface area contributed by atoms with Crippen LogP contribution in [0.2, 0.25) is 0 Å². The number of carbonyl (C=O) groups excluding carboxylic acids is 1. The van der Waals surface area contributed by atoms with Crippen molar-refractivity contribution in [3.8, 4) is 0 Å². The molecule has 0 aliphatic carbocycles. The molecule has 0 aromatic heterocycles. The van der Waals surface area contributed by atoms with Gasteiger partial charge in [0, 0.05) is 6.54 Å². The largest absolute Gasteiger partial charge is 0.352 e. The second-order valence-corrected chi connectivity index (χ2v) is 6.03. The summed E-state index contributed by atoms with van der Waals surface area (Å²) in [7, 11) is 0. The Morgan fingerprint density at radius 3 is 2.67 bits per heavy atom. The van der Waals surface area contributed by atoms with E-state index in [1.54, 1.807) is 0 Å². The minimum atomic E-state index is -1.31. The van der Waals surface area contributed by atoms with Gasteiger partial charge in [-0.2, -0.15) is 16.2 Å². The fourth-order valence-electron chi connectivity index (χ4n) is 2.16. The van der Waals surface area contributed by atoms with E-state index in [2.05, 4.69) is 5.32 Å². The molecular formula is C13H14F2N2O3S. The van der Waals surface area contributed by atoms with Crippen LogP contribution < -0.4 is 5.32 Å². The van der Waals surface area contributed by atoms with Crippen molar-refractivity contribution < 1.29 is 18.5 Å². The molecule has 1 amide bonds. The average Bonchev–Trinajstić information content (AvgIpc) is 2.47. The molecule has 1 aromatic carbocycles. The summed E-state index contributed by atoms with van der Waals surface area (Å²) in [6.07, 6.45) is 1.91. The van der Waals surface area contributed by atoms with Crippen molar-refractivity contribution >= 4 is 23.4 Å². The average molecular weight is 316 g/mol. The molecule has 1 N–H and O–H groups in total. The Balaban J connectivity index is 2.09. The highest BCUT2D eigenvalue weighted by Gasteiger charge is 2.24. The SMILES string of the molecule is O=C(NCC1CCSCC1)c1cc(F)cc([N+](=O)[O-])c1F. The molecule has 1 aromatic rings. The molecule has 0 unspecified atom stereocenters. The third kappa shape index (κ3) is 3.90. The molecule has 5 nitrogen and oxygen atoms in total. The highest BCUT2D eigenvalue weighted by Crippen LogP contribution is 2.24. The Morgan fingerprint density at radius 2 is 2.05 bits per heavy atom. The Hall–Kier alpha value is -1.70. The van der Waals surface area contributed by atoms with Crippen molar-refractivity contribution in [2.45, 2.75) is 12.8 Å². The third-order valence-corrected chi connectivity index (χ3v) is 4.40. The summed E-state index contributed by atoms with van der Waals surface area (Å²) in [6, 6.07) is 1.14. The van der Waals surface area contributed by atoms with Gasteiger partial charge < -0.3 is 5.32 Å². The molecule has 1 fully saturated rings. The van der Waals surface area contributed by atoms with Crippen LogP contribution in [0.25, 0.3) is 0 Å². The standard InChI is InChI=1S/C13H14F2N2O3S/c14-9-5-10(12(15)11(6-9)17(19)20)13(18)16-7-8-1-3-21-4-2-8/h5-6,8H,1-4,7H2,(H,16,18). The van der Waals surface area contributed by atoms with Gasteiger partial charge in [-0.15, -0.1) is 0 Å². The van der Waals surface area contributed by atoms with E-state index < -0.39 is 33.7 Å². The summed E-state index contributed by atoms with van der Waals surface area (Å²) in [5, 5.41) is 13.1. The minimum Gasteiger partial charge on any atom is -0.352 e. The number of nitro groups is 1. The molecule has 0 saturated carbocycles. The van der Waals surface area contributed by atoms with Crippen molar-refractivity contribution in [1.29, 1.82) is 0 Å². The van der Waals surface area contributed by atoms with Crippen LogP contribution in [0, 0.1) is 27.7 Å². The summed E-state index contributed by atoms with van der Waals surface area (Å²) in [4.78, 5) is 21.5. The molecule has 21 heavy (non-hydrogen) atoms. The number of hydrogen-bond acceptors (Lipinski definition) is 4. The van der Waals surface area contributed by atoms with Gasteiger partial charge in [-0.25, -0.2) is 4.39 Å². The maximum Gasteiger partial charge on any atom is 0.308 e. The minimum absolute atomic E-state index is 0.307. The molecule has 1 heterocycles. The van der Waals surface area contributed by atoms with Crippen LogP contribution in [0.3, 0.4) is 0 Å². The molecule has 2 rings (SSSR count). The molecular weight excluding hydrogens is 302 g/mol. The van der Waals surface area contributed by atoms with Gasteiger partial charge in [-0.05, 0) is 36.3 Å². The van der Waals surface area contributed by atoms with Gasteiger partial charge in [0.2, 0.25) is 5.82 Å².